The number of aromatic nitrogens is 1. The first-order valence-corrected chi connectivity index (χ1v) is 8.84. The molecule has 0 aliphatic rings. The van der Waals surface area contributed by atoms with Crippen LogP contribution >= 0.6 is 12.2 Å². The molecular formula is C20H22FN3S. The Kier molecular flexibility index (Phi) is 5.34. The molecule has 0 fully saturated rings. The second-order valence-corrected chi connectivity index (χ2v) is 6.82. The number of anilines is 1. The van der Waals surface area contributed by atoms with Crippen molar-refractivity contribution in [2.45, 2.75) is 26.2 Å². The molecule has 1 heterocycles. The van der Waals surface area contributed by atoms with E-state index in [2.05, 4.69) is 41.6 Å². The zero-order valence-corrected chi connectivity index (χ0v) is 15.2. The Morgan fingerprint density at radius 2 is 1.92 bits per heavy atom. The molecular weight excluding hydrogens is 333 g/mol. The molecule has 5 heteroatoms. The van der Waals surface area contributed by atoms with Crippen LogP contribution in [0.4, 0.5) is 10.1 Å². The average Bonchev–Trinajstić information content (AvgIpc) is 2.97. The van der Waals surface area contributed by atoms with Gasteiger partial charge in [-0.1, -0.05) is 26.0 Å². The summed E-state index contributed by atoms with van der Waals surface area (Å²) in [5.74, 6) is 0.295. The van der Waals surface area contributed by atoms with Crippen LogP contribution in [0.15, 0.2) is 48.7 Å². The van der Waals surface area contributed by atoms with Crippen LogP contribution < -0.4 is 10.6 Å². The third-order valence-corrected chi connectivity index (χ3v) is 4.49. The summed E-state index contributed by atoms with van der Waals surface area (Å²) >= 11 is 5.34. The Morgan fingerprint density at radius 1 is 1.16 bits per heavy atom. The highest BCUT2D eigenvalue weighted by molar-refractivity contribution is 7.80. The number of H-pyrrole nitrogens is 1. The zero-order chi connectivity index (χ0) is 17.8. The van der Waals surface area contributed by atoms with Gasteiger partial charge in [0.2, 0.25) is 0 Å². The molecule has 0 bridgehead atoms. The first-order valence-electron chi connectivity index (χ1n) is 8.43. The summed E-state index contributed by atoms with van der Waals surface area (Å²) < 4.78 is 13.4. The highest BCUT2D eigenvalue weighted by atomic mass is 32.1. The maximum Gasteiger partial charge on any atom is 0.170 e. The molecule has 0 aliphatic heterocycles. The predicted molar refractivity (Wildman–Crippen MR) is 107 cm³/mol. The van der Waals surface area contributed by atoms with Crippen LogP contribution in [0.3, 0.4) is 0 Å². The maximum absolute atomic E-state index is 13.4. The van der Waals surface area contributed by atoms with E-state index >= 15 is 0 Å². The monoisotopic (exact) mass is 355 g/mol. The van der Waals surface area contributed by atoms with Crippen LogP contribution in [0, 0.1) is 5.82 Å². The van der Waals surface area contributed by atoms with E-state index in [0.29, 0.717) is 17.6 Å². The van der Waals surface area contributed by atoms with Crippen molar-refractivity contribution in [2.24, 2.45) is 0 Å². The molecule has 3 nitrogen and oxygen atoms in total. The summed E-state index contributed by atoms with van der Waals surface area (Å²) in [6, 6.07) is 13.1. The largest absolute Gasteiger partial charge is 0.362 e. The minimum Gasteiger partial charge on any atom is -0.362 e. The summed E-state index contributed by atoms with van der Waals surface area (Å²) in [7, 11) is 0. The molecule has 0 amide bonds. The minimum atomic E-state index is -0.219. The van der Waals surface area contributed by atoms with E-state index in [4.69, 9.17) is 12.2 Å². The number of nitrogens with one attached hydrogen (secondary N) is 3. The van der Waals surface area contributed by atoms with Crippen molar-refractivity contribution in [1.82, 2.24) is 10.3 Å². The van der Waals surface area contributed by atoms with Crippen molar-refractivity contribution in [2.75, 3.05) is 11.9 Å². The van der Waals surface area contributed by atoms with Gasteiger partial charge in [0.1, 0.15) is 5.82 Å². The number of hydrogen-bond donors (Lipinski definition) is 3. The van der Waals surface area contributed by atoms with E-state index in [1.165, 1.54) is 11.6 Å². The normalized spacial score (nSPS) is 11.0. The van der Waals surface area contributed by atoms with E-state index in [0.717, 1.165) is 28.6 Å². The molecule has 3 rings (SSSR count). The third-order valence-electron chi connectivity index (χ3n) is 4.24. The fraction of sp³-hybridized carbons (Fsp3) is 0.250. The van der Waals surface area contributed by atoms with Gasteiger partial charge < -0.3 is 15.6 Å². The van der Waals surface area contributed by atoms with Crippen molar-refractivity contribution >= 4 is 33.9 Å². The topological polar surface area (TPSA) is 39.8 Å². The van der Waals surface area contributed by atoms with Crippen LogP contribution in [0.5, 0.6) is 0 Å². The molecule has 2 aromatic carbocycles. The lowest BCUT2D eigenvalue weighted by Gasteiger charge is -2.11. The quantitative estimate of drug-likeness (QED) is 0.567. The minimum absolute atomic E-state index is 0.219. The van der Waals surface area contributed by atoms with E-state index in [-0.39, 0.29) is 5.82 Å². The summed E-state index contributed by atoms with van der Waals surface area (Å²) in [6.07, 6.45) is 2.68. The lowest BCUT2D eigenvalue weighted by molar-refractivity contribution is 0.629. The lowest BCUT2D eigenvalue weighted by Crippen LogP contribution is -2.30. The van der Waals surface area contributed by atoms with E-state index < -0.39 is 0 Å². The molecule has 25 heavy (non-hydrogen) atoms. The van der Waals surface area contributed by atoms with E-state index in [1.54, 1.807) is 12.1 Å². The first kappa shape index (κ1) is 17.4. The van der Waals surface area contributed by atoms with Crippen LogP contribution in [-0.4, -0.2) is 16.6 Å². The molecule has 130 valence electrons. The smallest absolute Gasteiger partial charge is 0.170 e. The van der Waals surface area contributed by atoms with Crippen LogP contribution in [0.2, 0.25) is 0 Å². The van der Waals surface area contributed by atoms with Crippen LogP contribution in [0.1, 0.15) is 30.9 Å². The summed E-state index contributed by atoms with van der Waals surface area (Å²) in [5.41, 5.74) is 4.29. The second-order valence-electron chi connectivity index (χ2n) is 6.41. The molecule has 0 atom stereocenters. The number of thiocarbonyl (C=S) groups is 1. The van der Waals surface area contributed by atoms with Gasteiger partial charge in [-0.05, 0) is 66.0 Å². The van der Waals surface area contributed by atoms with Gasteiger partial charge in [-0.3, -0.25) is 0 Å². The molecule has 0 aliphatic carbocycles. The number of fused-ring (bicyclic) bond motifs is 1. The lowest BCUT2D eigenvalue weighted by atomic mass is 10.0. The molecule has 0 radical (unpaired) electrons. The van der Waals surface area contributed by atoms with Crippen molar-refractivity contribution in [3.8, 4) is 0 Å². The number of rotatable bonds is 5. The van der Waals surface area contributed by atoms with Gasteiger partial charge in [0, 0.05) is 29.3 Å². The predicted octanol–water partition coefficient (Wildman–Crippen LogP) is 4.96. The standard InChI is InChI=1S/C20H22FN3S/c1-13(2)14-3-6-17(7-4-14)24-20(25)22-10-9-15-12-23-19-8-5-16(21)11-18(15)19/h3-8,11-13,23H,9-10H2,1-2H3,(H2,22,24,25). The highest BCUT2D eigenvalue weighted by Crippen LogP contribution is 2.20. The molecule has 0 saturated carbocycles. The van der Waals surface area contributed by atoms with Gasteiger partial charge in [-0.15, -0.1) is 0 Å². The molecule has 0 unspecified atom stereocenters. The van der Waals surface area contributed by atoms with Crippen LogP contribution in [0.25, 0.3) is 10.9 Å². The van der Waals surface area contributed by atoms with Crippen molar-refractivity contribution in [3.05, 3.63) is 65.6 Å². The van der Waals surface area contributed by atoms with Gasteiger partial charge in [0.05, 0.1) is 0 Å². The number of benzene rings is 2. The Hall–Kier alpha value is -2.40. The van der Waals surface area contributed by atoms with E-state index in [9.17, 15) is 4.39 Å². The van der Waals surface area contributed by atoms with Gasteiger partial charge in [0.25, 0.3) is 0 Å². The second kappa shape index (κ2) is 7.66. The first-order chi connectivity index (χ1) is 12.0. The Morgan fingerprint density at radius 3 is 2.64 bits per heavy atom. The maximum atomic E-state index is 13.4. The summed E-state index contributed by atoms with van der Waals surface area (Å²) in [6.45, 7) is 5.02. The number of hydrogen-bond acceptors (Lipinski definition) is 1. The van der Waals surface area contributed by atoms with Gasteiger partial charge >= 0.3 is 0 Å². The van der Waals surface area contributed by atoms with Crippen molar-refractivity contribution < 1.29 is 4.39 Å². The van der Waals surface area contributed by atoms with Crippen molar-refractivity contribution in [3.63, 3.8) is 0 Å². The fourth-order valence-corrected chi connectivity index (χ4v) is 3.01. The third kappa shape index (κ3) is 4.37. The zero-order valence-electron chi connectivity index (χ0n) is 14.4. The SMILES string of the molecule is CC(C)c1ccc(NC(=S)NCCc2c[nH]c3ccc(F)cc23)cc1. The van der Waals surface area contributed by atoms with Gasteiger partial charge in [-0.25, -0.2) is 4.39 Å². The molecule has 1 aromatic heterocycles. The summed E-state index contributed by atoms with van der Waals surface area (Å²) in [5, 5.41) is 7.89. The molecule has 0 spiro atoms. The average molecular weight is 355 g/mol. The van der Waals surface area contributed by atoms with E-state index in [1.807, 2.05) is 18.3 Å². The molecule has 3 N–H and O–H groups in total. The number of halogens is 1. The highest BCUT2D eigenvalue weighted by Gasteiger charge is 2.05. The molecule has 3 aromatic rings. The number of aromatic amines is 1. The fourth-order valence-electron chi connectivity index (χ4n) is 2.79. The molecule has 0 saturated heterocycles. The van der Waals surface area contributed by atoms with Crippen LogP contribution in [-0.2, 0) is 6.42 Å². The Bertz CT molecular complexity index is 868. The van der Waals surface area contributed by atoms with Gasteiger partial charge in [-0.2, -0.15) is 0 Å². The van der Waals surface area contributed by atoms with Gasteiger partial charge in [0.15, 0.2) is 5.11 Å². The van der Waals surface area contributed by atoms with Crippen molar-refractivity contribution in [1.29, 1.82) is 0 Å². The Balaban J connectivity index is 1.52. The summed E-state index contributed by atoms with van der Waals surface area (Å²) in [4.78, 5) is 3.16. The Labute approximate surface area is 152 Å².